The van der Waals surface area contributed by atoms with Gasteiger partial charge in [-0.3, -0.25) is 4.79 Å². The molecule has 0 spiro atoms. The van der Waals surface area contributed by atoms with Crippen molar-refractivity contribution in [3.63, 3.8) is 0 Å². The van der Waals surface area contributed by atoms with Crippen molar-refractivity contribution in [2.75, 3.05) is 4.43 Å². The number of carbonyl (C=O) groups excluding carboxylic acids is 2. The van der Waals surface area contributed by atoms with E-state index in [2.05, 4.69) is 22.6 Å². The Kier molecular flexibility index (Phi) is 4.20. The lowest BCUT2D eigenvalue weighted by Crippen LogP contribution is -2.43. The van der Waals surface area contributed by atoms with Crippen LogP contribution < -0.4 is 0 Å². The highest BCUT2D eigenvalue weighted by Crippen LogP contribution is 2.27. The van der Waals surface area contributed by atoms with Gasteiger partial charge in [-0.2, -0.15) is 0 Å². The van der Waals surface area contributed by atoms with Gasteiger partial charge in [-0.1, -0.05) is 29.5 Å². The van der Waals surface area contributed by atoms with Crippen LogP contribution in [-0.4, -0.2) is 33.0 Å². The third-order valence-corrected chi connectivity index (χ3v) is 3.43. The van der Waals surface area contributed by atoms with Crippen LogP contribution in [0.15, 0.2) is 0 Å². The summed E-state index contributed by atoms with van der Waals surface area (Å²) in [7, 11) is 0. The molecule has 4 nitrogen and oxygen atoms in total. The van der Waals surface area contributed by atoms with E-state index in [0.717, 1.165) is 10.8 Å². The lowest BCUT2D eigenvalue weighted by molar-refractivity contribution is -0.130. The summed E-state index contributed by atoms with van der Waals surface area (Å²) in [4.78, 5) is 25.0. The predicted molar refractivity (Wildman–Crippen MR) is 69.5 cm³/mol. The first-order valence-electron chi connectivity index (χ1n) is 5.38. The molecule has 2 atom stereocenters. The number of rotatable bonds is 1. The fourth-order valence-electron chi connectivity index (χ4n) is 1.71. The van der Waals surface area contributed by atoms with Gasteiger partial charge in [0.15, 0.2) is 0 Å². The number of likely N-dealkylation sites (tertiary alicyclic amines) is 1. The van der Waals surface area contributed by atoms with Crippen molar-refractivity contribution in [2.24, 2.45) is 5.92 Å². The van der Waals surface area contributed by atoms with Crippen LogP contribution in [0.5, 0.6) is 0 Å². The zero-order valence-electron chi connectivity index (χ0n) is 10.1. The Bertz CT molecular complexity index is 298. The monoisotopic (exact) mass is 339 g/mol. The van der Waals surface area contributed by atoms with E-state index in [-0.39, 0.29) is 17.9 Å². The van der Waals surface area contributed by atoms with Crippen LogP contribution >= 0.6 is 22.6 Å². The number of alkyl halides is 1. The molecule has 1 aliphatic rings. The Balaban J connectivity index is 2.77. The minimum absolute atomic E-state index is 0.0158. The van der Waals surface area contributed by atoms with Gasteiger partial charge in [0.25, 0.3) is 0 Å². The Morgan fingerprint density at radius 2 is 2.12 bits per heavy atom. The van der Waals surface area contributed by atoms with E-state index in [4.69, 9.17) is 4.74 Å². The average molecular weight is 339 g/mol. The Morgan fingerprint density at radius 3 is 2.56 bits per heavy atom. The van der Waals surface area contributed by atoms with Crippen LogP contribution in [-0.2, 0) is 9.53 Å². The summed E-state index contributed by atoms with van der Waals surface area (Å²) < 4.78 is 5.99. The highest BCUT2D eigenvalue weighted by molar-refractivity contribution is 14.1. The molecule has 16 heavy (non-hydrogen) atoms. The van der Waals surface area contributed by atoms with Gasteiger partial charge in [0, 0.05) is 10.3 Å². The second kappa shape index (κ2) is 4.89. The SMILES string of the molecule is CC1CC(CI)N(C(=O)OC(C)(C)C)C1=O. The summed E-state index contributed by atoms with van der Waals surface area (Å²) in [6.45, 7) is 7.25. The molecule has 5 heteroatoms. The summed E-state index contributed by atoms with van der Waals surface area (Å²) in [5.41, 5.74) is -0.557. The molecule has 1 saturated heterocycles. The smallest absolute Gasteiger partial charge is 0.417 e. The number of nitrogens with zero attached hydrogens (tertiary/aromatic N) is 1. The van der Waals surface area contributed by atoms with Crippen LogP contribution in [0.25, 0.3) is 0 Å². The molecule has 0 bridgehead atoms. The molecule has 0 aromatic carbocycles. The summed E-state index contributed by atoms with van der Waals surface area (Å²) in [5, 5.41) is 0. The zero-order chi connectivity index (χ0) is 12.5. The molecule has 1 rings (SSSR count). The molecule has 0 aromatic rings. The molecular weight excluding hydrogens is 321 g/mol. The highest BCUT2D eigenvalue weighted by atomic mass is 127. The third kappa shape index (κ3) is 3.09. The summed E-state index contributed by atoms with van der Waals surface area (Å²) in [6.07, 6.45) is 0.226. The van der Waals surface area contributed by atoms with Gasteiger partial charge in [-0.15, -0.1) is 0 Å². The molecule has 0 aromatic heterocycles. The number of carbonyl (C=O) groups is 2. The Hall–Kier alpha value is -0.330. The van der Waals surface area contributed by atoms with Crippen LogP contribution in [0.2, 0.25) is 0 Å². The number of hydrogen-bond donors (Lipinski definition) is 0. The quantitative estimate of drug-likeness (QED) is 0.545. The highest BCUT2D eigenvalue weighted by Gasteiger charge is 2.42. The first kappa shape index (κ1) is 13.7. The maximum Gasteiger partial charge on any atom is 0.417 e. The molecule has 2 unspecified atom stereocenters. The van der Waals surface area contributed by atoms with Gasteiger partial charge in [0.2, 0.25) is 5.91 Å². The van der Waals surface area contributed by atoms with E-state index >= 15 is 0 Å². The molecule has 1 heterocycles. The molecule has 0 aliphatic carbocycles. The van der Waals surface area contributed by atoms with Crippen molar-refractivity contribution in [1.29, 1.82) is 0 Å². The van der Waals surface area contributed by atoms with Gasteiger partial charge in [-0.25, -0.2) is 9.69 Å². The second-order valence-electron chi connectivity index (χ2n) is 5.13. The number of ether oxygens (including phenoxy) is 1. The van der Waals surface area contributed by atoms with Gasteiger partial charge in [0.05, 0.1) is 6.04 Å². The summed E-state index contributed by atoms with van der Waals surface area (Å²) >= 11 is 2.19. The van der Waals surface area contributed by atoms with Gasteiger partial charge in [-0.05, 0) is 27.2 Å². The molecule has 2 amide bonds. The molecular formula is C11H18INO3. The van der Waals surface area contributed by atoms with Gasteiger partial charge < -0.3 is 4.74 Å². The van der Waals surface area contributed by atoms with Crippen molar-refractivity contribution >= 4 is 34.6 Å². The lowest BCUT2D eigenvalue weighted by atomic mass is 10.1. The van der Waals surface area contributed by atoms with E-state index in [1.54, 1.807) is 20.8 Å². The molecule has 1 fully saturated rings. The van der Waals surface area contributed by atoms with E-state index in [1.165, 1.54) is 4.90 Å². The average Bonchev–Trinajstić information content (AvgIpc) is 2.40. The maximum atomic E-state index is 11.9. The van der Waals surface area contributed by atoms with Crippen molar-refractivity contribution < 1.29 is 14.3 Å². The van der Waals surface area contributed by atoms with Crippen molar-refractivity contribution in [3.05, 3.63) is 0 Å². The summed E-state index contributed by atoms with van der Waals surface area (Å²) in [6, 6.07) is -0.0158. The van der Waals surface area contributed by atoms with Gasteiger partial charge >= 0.3 is 6.09 Å². The van der Waals surface area contributed by atoms with Crippen molar-refractivity contribution in [2.45, 2.75) is 45.8 Å². The number of halogens is 1. The Labute approximate surface area is 110 Å². The molecule has 0 N–H and O–H groups in total. The zero-order valence-corrected chi connectivity index (χ0v) is 12.3. The molecule has 0 saturated carbocycles. The molecule has 0 radical (unpaired) electrons. The van der Waals surface area contributed by atoms with Gasteiger partial charge in [0.1, 0.15) is 5.60 Å². The minimum Gasteiger partial charge on any atom is -0.443 e. The number of imide groups is 1. The van der Waals surface area contributed by atoms with Crippen LogP contribution in [0, 0.1) is 5.92 Å². The summed E-state index contributed by atoms with van der Waals surface area (Å²) in [5.74, 6) is -0.191. The van der Waals surface area contributed by atoms with Crippen LogP contribution in [0.3, 0.4) is 0 Å². The first-order chi connectivity index (χ1) is 7.26. The van der Waals surface area contributed by atoms with E-state index in [1.807, 2.05) is 6.92 Å². The second-order valence-corrected chi connectivity index (χ2v) is 6.01. The normalized spacial score (nSPS) is 26.1. The van der Waals surface area contributed by atoms with Crippen LogP contribution in [0.4, 0.5) is 4.79 Å². The first-order valence-corrected chi connectivity index (χ1v) is 6.91. The third-order valence-electron chi connectivity index (χ3n) is 2.42. The number of hydrogen-bond acceptors (Lipinski definition) is 3. The standard InChI is InChI=1S/C11H18INO3/c1-7-5-8(6-12)13(9(7)14)10(15)16-11(2,3)4/h7-8H,5-6H2,1-4H3. The van der Waals surface area contributed by atoms with Crippen LogP contribution in [0.1, 0.15) is 34.1 Å². The largest absolute Gasteiger partial charge is 0.443 e. The van der Waals surface area contributed by atoms with E-state index in [9.17, 15) is 9.59 Å². The van der Waals surface area contributed by atoms with E-state index < -0.39 is 11.7 Å². The van der Waals surface area contributed by atoms with Crippen molar-refractivity contribution in [1.82, 2.24) is 4.90 Å². The van der Waals surface area contributed by atoms with Crippen molar-refractivity contribution in [3.8, 4) is 0 Å². The topological polar surface area (TPSA) is 46.6 Å². The fourth-order valence-corrected chi connectivity index (χ4v) is 2.47. The molecule has 92 valence electrons. The Morgan fingerprint density at radius 1 is 1.56 bits per heavy atom. The minimum atomic E-state index is -0.557. The number of amides is 2. The van der Waals surface area contributed by atoms with E-state index in [0.29, 0.717) is 0 Å². The molecule has 1 aliphatic heterocycles. The maximum absolute atomic E-state index is 11.9. The predicted octanol–water partition coefficient (Wildman–Crippen LogP) is 2.59. The fraction of sp³-hybridized carbons (Fsp3) is 0.818. The lowest BCUT2D eigenvalue weighted by Gasteiger charge is -2.26.